The van der Waals surface area contributed by atoms with E-state index in [-0.39, 0.29) is 17.5 Å². The number of aromatic carboxylic acids is 1. The van der Waals surface area contributed by atoms with Crippen LogP contribution in [0, 0.1) is 12.8 Å². The molecule has 3 N–H and O–H groups in total. The maximum atomic E-state index is 11.7. The third-order valence-electron chi connectivity index (χ3n) is 2.79. The van der Waals surface area contributed by atoms with Gasteiger partial charge in [0.1, 0.15) is 0 Å². The summed E-state index contributed by atoms with van der Waals surface area (Å²) in [7, 11) is 1.61. The molecule has 20 heavy (non-hydrogen) atoms. The lowest BCUT2D eigenvalue weighted by Crippen LogP contribution is -2.33. The number of urea groups is 1. The number of carbonyl (C=O) groups excluding carboxylic acids is 1. The van der Waals surface area contributed by atoms with Crippen LogP contribution in [0.3, 0.4) is 0 Å². The summed E-state index contributed by atoms with van der Waals surface area (Å²) in [5, 5.41) is 14.3. The summed E-state index contributed by atoms with van der Waals surface area (Å²) in [6, 6.07) is 4.24. The van der Waals surface area contributed by atoms with Crippen molar-refractivity contribution in [3.63, 3.8) is 0 Å². The van der Waals surface area contributed by atoms with E-state index in [0.29, 0.717) is 18.8 Å². The highest BCUT2D eigenvalue weighted by atomic mass is 16.5. The van der Waals surface area contributed by atoms with Gasteiger partial charge in [-0.1, -0.05) is 13.0 Å². The first kappa shape index (κ1) is 16.0. The van der Waals surface area contributed by atoms with E-state index in [1.807, 2.05) is 6.92 Å². The van der Waals surface area contributed by atoms with Crippen LogP contribution in [0.15, 0.2) is 18.2 Å². The molecule has 0 bridgehead atoms. The Bertz CT molecular complexity index is 488. The van der Waals surface area contributed by atoms with Gasteiger partial charge >= 0.3 is 12.0 Å². The van der Waals surface area contributed by atoms with Gasteiger partial charge in [-0.2, -0.15) is 0 Å². The van der Waals surface area contributed by atoms with Gasteiger partial charge in [0.2, 0.25) is 0 Å². The molecule has 1 unspecified atom stereocenters. The van der Waals surface area contributed by atoms with Crippen LogP contribution < -0.4 is 10.6 Å². The zero-order chi connectivity index (χ0) is 15.1. The number of carboxylic acid groups (broad SMARTS) is 1. The van der Waals surface area contributed by atoms with Crippen molar-refractivity contribution in [2.24, 2.45) is 5.92 Å². The molecule has 1 atom stereocenters. The normalized spacial score (nSPS) is 11.8. The van der Waals surface area contributed by atoms with Crippen LogP contribution in [0.4, 0.5) is 10.5 Å². The fourth-order valence-corrected chi connectivity index (χ4v) is 1.67. The molecule has 0 saturated carbocycles. The molecule has 6 heteroatoms. The third kappa shape index (κ3) is 4.89. The van der Waals surface area contributed by atoms with Crippen LogP contribution in [0.2, 0.25) is 0 Å². The minimum Gasteiger partial charge on any atom is -0.478 e. The fraction of sp³-hybridized carbons (Fsp3) is 0.429. The van der Waals surface area contributed by atoms with Crippen molar-refractivity contribution in [3.05, 3.63) is 29.3 Å². The fourth-order valence-electron chi connectivity index (χ4n) is 1.67. The van der Waals surface area contributed by atoms with Crippen molar-refractivity contribution in [2.75, 3.05) is 25.6 Å². The van der Waals surface area contributed by atoms with Gasteiger partial charge in [-0.15, -0.1) is 0 Å². The molecule has 0 aliphatic rings. The molecule has 1 rings (SSSR count). The number of carboxylic acids is 1. The number of anilines is 1. The number of methoxy groups -OCH3 is 1. The van der Waals surface area contributed by atoms with Gasteiger partial charge < -0.3 is 20.5 Å². The first-order chi connectivity index (χ1) is 9.43. The second kappa shape index (κ2) is 7.49. The second-order valence-corrected chi connectivity index (χ2v) is 4.73. The molecule has 0 radical (unpaired) electrons. The number of aryl methyl sites for hydroxylation is 1. The molecule has 0 spiro atoms. The van der Waals surface area contributed by atoms with E-state index in [1.165, 1.54) is 12.1 Å². The monoisotopic (exact) mass is 280 g/mol. The Morgan fingerprint density at radius 3 is 2.70 bits per heavy atom. The topological polar surface area (TPSA) is 87.7 Å². The Kier molecular flexibility index (Phi) is 5.99. The van der Waals surface area contributed by atoms with E-state index in [4.69, 9.17) is 9.84 Å². The average molecular weight is 280 g/mol. The summed E-state index contributed by atoms with van der Waals surface area (Å²) in [6.07, 6.45) is 0. The summed E-state index contributed by atoms with van der Waals surface area (Å²) >= 11 is 0. The summed E-state index contributed by atoms with van der Waals surface area (Å²) in [5.41, 5.74) is 1.43. The summed E-state index contributed by atoms with van der Waals surface area (Å²) in [5.74, 6) is -0.820. The van der Waals surface area contributed by atoms with Crippen LogP contribution in [0.5, 0.6) is 0 Å². The molecule has 0 aliphatic heterocycles. The van der Waals surface area contributed by atoms with Crippen molar-refractivity contribution >= 4 is 17.7 Å². The Hall–Kier alpha value is -2.08. The molecular weight excluding hydrogens is 260 g/mol. The predicted octanol–water partition coefficient (Wildman–Crippen LogP) is 2.10. The minimum atomic E-state index is -1.03. The van der Waals surface area contributed by atoms with Gasteiger partial charge in [0.15, 0.2) is 0 Å². The Balaban J connectivity index is 2.61. The lowest BCUT2D eigenvalue weighted by atomic mass is 10.1. The van der Waals surface area contributed by atoms with E-state index in [2.05, 4.69) is 10.6 Å². The predicted molar refractivity (Wildman–Crippen MR) is 76.2 cm³/mol. The Morgan fingerprint density at radius 1 is 1.40 bits per heavy atom. The van der Waals surface area contributed by atoms with Gasteiger partial charge in [0, 0.05) is 19.3 Å². The van der Waals surface area contributed by atoms with E-state index in [1.54, 1.807) is 20.1 Å². The lowest BCUT2D eigenvalue weighted by molar-refractivity contribution is 0.0697. The van der Waals surface area contributed by atoms with Gasteiger partial charge in [0.25, 0.3) is 0 Å². The molecule has 0 saturated heterocycles. The number of carbonyl (C=O) groups is 2. The largest absolute Gasteiger partial charge is 0.478 e. The van der Waals surface area contributed by atoms with Gasteiger partial charge in [-0.3, -0.25) is 0 Å². The Morgan fingerprint density at radius 2 is 2.10 bits per heavy atom. The van der Waals surface area contributed by atoms with Gasteiger partial charge in [-0.25, -0.2) is 9.59 Å². The molecule has 1 aromatic carbocycles. The maximum absolute atomic E-state index is 11.7. The number of hydrogen-bond donors (Lipinski definition) is 3. The zero-order valence-electron chi connectivity index (χ0n) is 11.9. The highest BCUT2D eigenvalue weighted by molar-refractivity contribution is 5.93. The van der Waals surface area contributed by atoms with Crippen LogP contribution in [0.1, 0.15) is 22.8 Å². The molecule has 110 valence electrons. The number of hydrogen-bond acceptors (Lipinski definition) is 3. The van der Waals surface area contributed by atoms with Gasteiger partial charge in [-0.05, 0) is 30.5 Å². The highest BCUT2D eigenvalue weighted by Crippen LogP contribution is 2.16. The molecule has 1 aromatic rings. The van der Waals surface area contributed by atoms with Crippen LogP contribution in [0.25, 0.3) is 0 Å². The van der Waals surface area contributed by atoms with Crippen molar-refractivity contribution in [1.29, 1.82) is 0 Å². The summed E-state index contributed by atoms with van der Waals surface area (Å²) in [6.45, 7) is 4.81. The summed E-state index contributed by atoms with van der Waals surface area (Å²) in [4.78, 5) is 22.6. The number of benzene rings is 1. The quantitative estimate of drug-likeness (QED) is 0.744. The van der Waals surface area contributed by atoms with E-state index in [0.717, 1.165) is 5.56 Å². The summed E-state index contributed by atoms with van der Waals surface area (Å²) < 4.78 is 4.98. The van der Waals surface area contributed by atoms with Crippen LogP contribution in [-0.4, -0.2) is 37.4 Å². The molecule has 2 amide bonds. The standard InChI is InChI=1S/C14H20N2O4/c1-9(8-20-3)7-15-14(19)16-12-6-11(13(17)18)5-4-10(12)2/h4-6,9H,7-8H2,1-3H3,(H,17,18)(H2,15,16,19). The van der Waals surface area contributed by atoms with Crippen molar-refractivity contribution < 1.29 is 19.4 Å². The number of nitrogens with one attached hydrogen (secondary N) is 2. The molecular formula is C14H20N2O4. The van der Waals surface area contributed by atoms with E-state index in [9.17, 15) is 9.59 Å². The third-order valence-corrected chi connectivity index (χ3v) is 2.79. The average Bonchev–Trinajstić information content (AvgIpc) is 2.39. The smallest absolute Gasteiger partial charge is 0.335 e. The number of ether oxygens (including phenoxy) is 1. The molecule has 0 aromatic heterocycles. The Labute approximate surface area is 118 Å². The first-order valence-corrected chi connectivity index (χ1v) is 6.31. The molecule has 0 heterocycles. The second-order valence-electron chi connectivity index (χ2n) is 4.73. The molecule has 0 fully saturated rings. The zero-order valence-corrected chi connectivity index (χ0v) is 11.9. The minimum absolute atomic E-state index is 0.138. The van der Waals surface area contributed by atoms with Crippen molar-refractivity contribution in [3.8, 4) is 0 Å². The van der Waals surface area contributed by atoms with Crippen molar-refractivity contribution in [1.82, 2.24) is 5.32 Å². The lowest BCUT2D eigenvalue weighted by Gasteiger charge is -2.13. The molecule has 6 nitrogen and oxygen atoms in total. The first-order valence-electron chi connectivity index (χ1n) is 6.31. The highest BCUT2D eigenvalue weighted by Gasteiger charge is 2.09. The van der Waals surface area contributed by atoms with Crippen LogP contribution >= 0.6 is 0 Å². The van der Waals surface area contributed by atoms with Crippen LogP contribution in [-0.2, 0) is 4.74 Å². The van der Waals surface area contributed by atoms with E-state index >= 15 is 0 Å². The van der Waals surface area contributed by atoms with Gasteiger partial charge in [0.05, 0.1) is 12.2 Å². The maximum Gasteiger partial charge on any atom is 0.335 e. The number of rotatable bonds is 6. The van der Waals surface area contributed by atoms with Crippen molar-refractivity contribution in [2.45, 2.75) is 13.8 Å². The molecule has 0 aliphatic carbocycles. The van der Waals surface area contributed by atoms with E-state index < -0.39 is 5.97 Å². The SMILES string of the molecule is COCC(C)CNC(=O)Nc1cc(C(=O)O)ccc1C. The number of amides is 2.